The van der Waals surface area contributed by atoms with Crippen molar-refractivity contribution in [2.45, 2.75) is 13.3 Å². The van der Waals surface area contributed by atoms with Gasteiger partial charge >= 0.3 is 5.69 Å². The lowest BCUT2D eigenvalue weighted by Gasteiger charge is -2.35. The van der Waals surface area contributed by atoms with Crippen molar-refractivity contribution in [3.63, 3.8) is 0 Å². The zero-order valence-electron chi connectivity index (χ0n) is 16.7. The van der Waals surface area contributed by atoms with E-state index in [1.165, 1.54) is 11.9 Å². The molecule has 0 bridgehead atoms. The molecule has 2 aromatic heterocycles. The Morgan fingerprint density at radius 2 is 1.73 bits per heavy atom. The standard InChI is InChI=1S/C21H23N7O2/c1-2-16-6-8-17(9-7-16)25-20-19(28(29)30)21(24-15-23-20)27-13-11-26(12-14-27)18-5-3-4-10-22-18/h3-10,15H,2,11-14H2,1H3,(H,23,24,25). The van der Waals surface area contributed by atoms with Crippen LogP contribution in [0.15, 0.2) is 55.0 Å². The molecule has 9 heteroatoms. The van der Waals surface area contributed by atoms with Crippen LogP contribution in [0.3, 0.4) is 0 Å². The van der Waals surface area contributed by atoms with Crippen molar-refractivity contribution in [2.24, 2.45) is 0 Å². The van der Waals surface area contributed by atoms with E-state index in [1.54, 1.807) is 6.20 Å². The van der Waals surface area contributed by atoms with E-state index in [0.29, 0.717) is 32.0 Å². The Labute approximate surface area is 174 Å². The van der Waals surface area contributed by atoms with Gasteiger partial charge in [0.05, 0.1) is 4.92 Å². The number of piperazine rings is 1. The zero-order chi connectivity index (χ0) is 20.9. The summed E-state index contributed by atoms with van der Waals surface area (Å²) in [5.41, 5.74) is 1.84. The highest BCUT2D eigenvalue weighted by Gasteiger charge is 2.29. The second kappa shape index (κ2) is 8.73. The predicted molar refractivity (Wildman–Crippen MR) is 116 cm³/mol. The van der Waals surface area contributed by atoms with E-state index in [-0.39, 0.29) is 11.5 Å². The van der Waals surface area contributed by atoms with Crippen molar-refractivity contribution in [3.8, 4) is 0 Å². The lowest BCUT2D eigenvalue weighted by molar-refractivity contribution is -0.383. The molecule has 0 saturated carbocycles. The third-order valence-corrected chi connectivity index (χ3v) is 5.16. The molecule has 0 radical (unpaired) electrons. The van der Waals surface area contributed by atoms with Gasteiger partial charge in [-0.1, -0.05) is 25.1 Å². The number of aromatic nitrogens is 3. The van der Waals surface area contributed by atoms with Crippen LogP contribution in [-0.4, -0.2) is 46.1 Å². The van der Waals surface area contributed by atoms with E-state index in [4.69, 9.17) is 0 Å². The third-order valence-electron chi connectivity index (χ3n) is 5.16. The summed E-state index contributed by atoms with van der Waals surface area (Å²) in [5.74, 6) is 1.44. The molecule has 0 unspecified atom stereocenters. The van der Waals surface area contributed by atoms with Gasteiger partial charge in [-0.05, 0) is 36.2 Å². The quantitative estimate of drug-likeness (QED) is 0.492. The lowest BCUT2D eigenvalue weighted by atomic mass is 10.1. The van der Waals surface area contributed by atoms with Crippen molar-refractivity contribution in [1.82, 2.24) is 15.0 Å². The molecule has 0 aliphatic carbocycles. The first-order chi connectivity index (χ1) is 14.7. The molecule has 1 aliphatic heterocycles. The Kier molecular flexibility index (Phi) is 5.69. The number of rotatable bonds is 6. The van der Waals surface area contributed by atoms with Crippen molar-refractivity contribution in [2.75, 3.05) is 41.3 Å². The summed E-state index contributed by atoms with van der Waals surface area (Å²) in [6, 6.07) is 13.6. The molecule has 0 amide bonds. The molecular formula is C21H23N7O2. The molecule has 1 aliphatic rings. The van der Waals surface area contributed by atoms with Crippen molar-refractivity contribution in [3.05, 3.63) is 70.7 Å². The number of benzene rings is 1. The van der Waals surface area contributed by atoms with Crippen LogP contribution in [0.5, 0.6) is 0 Å². The van der Waals surface area contributed by atoms with Gasteiger partial charge in [-0.25, -0.2) is 15.0 Å². The highest BCUT2D eigenvalue weighted by Crippen LogP contribution is 2.34. The Bertz CT molecular complexity index is 1000. The summed E-state index contributed by atoms with van der Waals surface area (Å²) in [7, 11) is 0. The Hall–Kier alpha value is -3.75. The van der Waals surface area contributed by atoms with Crippen LogP contribution >= 0.6 is 0 Å². The van der Waals surface area contributed by atoms with Gasteiger partial charge in [0.2, 0.25) is 11.6 Å². The van der Waals surface area contributed by atoms with Gasteiger partial charge < -0.3 is 15.1 Å². The maximum absolute atomic E-state index is 11.9. The fourth-order valence-electron chi connectivity index (χ4n) is 3.51. The van der Waals surface area contributed by atoms with Crippen molar-refractivity contribution >= 4 is 28.8 Å². The number of hydrogen-bond donors (Lipinski definition) is 1. The molecule has 3 heterocycles. The van der Waals surface area contributed by atoms with Crippen molar-refractivity contribution < 1.29 is 4.92 Å². The minimum atomic E-state index is -0.413. The number of hydrogen-bond acceptors (Lipinski definition) is 8. The van der Waals surface area contributed by atoms with E-state index in [1.807, 2.05) is 47.4 Å². The Morgan fingerprint density at radius 3 is 2.37 bits per heavy atom. The highest BCUT2D eigenvalue weighted by atomic mass is 16.6. The number of nitrogens with one attached hydrogen (secondary N) is 1. The summed E-state index contributed by atoms with van der Waals surface area (Å²) in [6.45, 7) is 4.72. The molecule has 3 aromatic rings. The van der Waals surface area contributed by atoms with E-state index in [2.05, 4.69) is 32.1 Å². The highest BCUT2D eigenvalue weighted by molar-refractivity contribution is 5.74. The van der Waals surface area contributed by atoms with Crippen LogP contribution in [0, 0.1) is 10.1 Å². The minimum Gasteiger partial charge on any atom is -0.353 e. The number of nitrogens with zero attached hydrogens (tertiary/aromatic N) is 6. The van der Waals surface area contributed by atoms with Gasteiger partial charge in [0.25, 0.3) is 0 Å². The fourth-order valence-corrected chi connectivity index (χ4v) is 3.51. The van der Waals surface area contributed by atoms with Gasteiger partial charge in [0.15, 0.2) is 0 Å². The largest absolute Gasteiger partial charge is 0.353 e. The first-order valence-electron chi connectivity index (χ1n) is 9.92. The summed E-state index contributed by atoms with van der Waals surface area (Å²) < 4.78 is 0. The van der Waals surface area contributed by atoms with Crippen LogP contribution < -0.4 is 15.1 Å². The Morgan fingerprint density at radius 1 is 1.00 bits per heavy atom. The number of pyridine rings is 1. The summed E-state index contributed by atoms with van der Waals surface area (Å²) in [5, 5.41) is 15.0. The second-order valence-corrected chi connectivity index (χ2v) is 6.99. The van der Waals surface area contributed by atoms with Gasteiger partial charge in [-0.2, -0.15) is 0 Å². The maximum atomic E-state index is 11.9. The van der Waals surface area contributed by atoms with E-state index in [9.17, 15) is 10.1 Å². The normalized spacial score (nSPS) is 13.9. The molecule has 1 fully saturated rings. The molecule has 1 aromatic carbocycles. The van der Waals surface area contributed by atoms with Crippen LogP contribution in [0.2, 0.25) is 0 Å². The summed E-state index contributed by atoms with van der Waals surface area (Å²) in [6.07, 6.45) is 4.07. The van der Waals surface area contributed by atoms with Gasteiger partial charge in [0, 0.05) is 38.1 Å². The van der Waals surface area contributed by atoms with E-state index < -0.39 is 4.92 Å². The minimum absolute atomic E-state index is 0.108. The van der Waals surface area contributed by atoms with Crippen LogP contribution in [0.1, 0.15) is 12.5 Å². The smallest absolute Gasteiger partial charge is 0.353 e. The molecular weight excluding hydrogens is 382 g/mol. The predicted octanol–water partition coefficient (Wildman–Crippen LogP) is 3.41. The topological polar surface area (TPSA) is 100 Å². The van der Waals surface area contributed by atoms with Gasteiger partial charge in [0.1, 0.15) is 12.1 Å². The molecule has 30 heavy (non-hydrogen) atoms. The summed E-state index contributed by atoms with van der Waals surface area (Å²) in [4.78, 5) is 28.4. The van der Waals surface area contributed by atoms with Crippen LogP contribution in [0.25, 0.3) is 0 Å². The first kappa shape index (κ1) is 19.6. The number of aryl methyl sites for hydroxylation is 1. The fraction of sp³-hybridized carbons (Fsp3) is 0.286. The molecule has 154 valence electrons. The SMILES string of the molecule is CCc1ccc(Nc2ncnc(N3CCN(c4ccccn4)CC3)c2[N+](=O)[O-])cc1. The van der Waals surface area contributed by atoms with Crippen molar-refractivity contribution in [1.29, 1.82) is 0 Å². The molecule has 9 nitrogen and oxygen atoms in total. The zero-order valence-corrected chi connectivity index (χ0v) is 16.7. The molecule has 0 atom stereocenters. The van der Waals surface area contributed by atoms with Crippen LogP contribution in [0.4, 0.5) is 28.8 Å². The second-order valence-electron chi connectivity index (χ2n) is 6.99. The first-order valence-corrected chi connectivity index (χ1v) is 9.92. The van der Waals surface area contributed by atoms with Gasteiger partial charge in [-0.3, -0.25) is 10.1 Å². The third kappa shape index (κ3) is 4.14. The molecule has 4 rings (SSSR count). The average Bonchev–Trinajstić information content (AvgIpc) is 2.80. The van der Waals surface area contributed by atoms with Crippen LogP contribution in [-0.2, 0) is 6.42 Å². The lowest BCUT2D eigenvalue weighted by Crippen LogP contribution is -2.47. The summed E-state index contributed by atoms with van der Waals surface area (Å²) >= 11 is 0. The average molecular weight is 405 g/mol. The molecule has 0 spiro atoms. The van der Waals surface area contributed by atoms with E-state index in [0.717, 1.165) is 17.9 Å². The molecule has 1 N–H and O–H groups in total. The molecule has 1 saturated heterocycles. The van der Waals surface area contributed by atoms with Gasteiger partial charge in [-0.15, -0.1) is 0 Å². The number of nitro groups is 1. The monoisotopic (exact) mass is 405 g/mol. The Balaban J connectivity index is 1.55. The van der Waals surface area contributed by atoms with E-state index >= 15 is 0 Å². The number of anilines is 4. The maximum Gasteiger partial charge on any atom is 0.353 e.